The average molecular weight is 380 g/mol. The number of sulfone groups is 1. The summed E-state index contributed by atoms with van der Waals surface area (Å²) in [6.45, 7) is 5.39. The van der Waals surface area contributed by atoms with Gasteiger partial charge in [0.25, 0.3) is 5.69 Å². The quantitative estimate of drug-likeness (QED) is 0.595. The molecule has 2 aromatic rings. The highest BCUT2D eigenvalue weighted by Crippen LogP contribution is 2.29. The largest absolute Gasteiger partial charge is 0.369 e. The van der Waals surface area contributed by atoms with Gasteiger partial charge in [-0.05, 0) is 19.1 Å². The van der Waals surface area contributed by atoms with Crippen molar-refractivity contribution in [1.82, 2.24) is 20.1 Å². The fourth-order valence-electron chi connectivity index (χ4n) is 2.97. The summed E-state index contributed by atoms with van der Waals surface area (Å²) in [5.74, 6) is 1.52. The van der Waals surface area contributed by atoms with Gasteiger partial charge in [0.15, 0.2) is 15.7 Å². The number of benzene rings is 1. The van der Waals surface area contributed by atoms with Crippen molar-refractivity contribution < 1.29 is 13.3 Å². The van der Waals surface area contributed by atoms with E-state index >= 15 is 0 Å². The van der Waals surface area contributed by atoms with E-state index in [0.717, 1.165) is 31.0 Å². The third kappa shape index (κ3) is 3.99. The number of hydrogen-bond donors (Lipinski definition) is 1. The van der Waals surface area contributed by atoms with Gasteiger partial charge in [-0.1, -0.05) is 0 Å². The second kappa shape index (κ2) is 7.00. The van der Waals surface area contributed by atoms with Crippen LogP contribution in [0.3, 0.4) is 0 Å². The zero-order valence-electron chi connectivity index (χ0n) is 14.5. The predicted molar refractivity (Wildman–Crippen MR) is 94.8 cm³/mol. The second-order valence-electron chi connectivity index (χ2n) is 6.28. The van der Waals surface area contributed by atoms with Crippen LogP contribution in [0.4, 0.5) is 11.4 Å². The van der Waals surface area contributed by atoms with E-state index in [1.807, 2.05) is 11.8 Å². The third-order valence-electron chi connectivity index (χ3n) is 4.29. The Hall–Kier alpha value is -2.53. The molecule has 0 unspecified atom stereocenters. The van der Waals surface area contributed by atoms with Gasteiger partial charge in [-0.25, -0.2) is 13.4 Å². The van der Waals surface area contributed by atoms with Crippen LogP contribution in [-0.4, -0.2) is 65.9 Å². The molecule has 2 heterocycles. The van der Waals surface area contributed by atoms with Crippen molar-refractivity contribution in [3.8, 4) is 0 Å². The molecule has 1 aromatic carbocycles. The first-order valence-corrected chi connectivity index (χ1v) is 9.97. The highest BCUT2D eigenvalue weighted by molar-refractivity contribution is 7.90. The fourth-order valence-corrected chi connectivity index (χ4v) is 3.83. The highest BCUT2D eigenvalue weighted by Gasteiger charge is 2.25. The molecule has 1 aliphatic rings. The Bertz CT molecular complexity index is 918. The van der Waals surface area contributed by atoms with Crippen molar-refractivity contribution in [2.45, 2.75) is 18.4 Å². The minimum absolute atomic E-state index is 0.251. The maximum absolute atomic E-state index is 11.9. The van der Waals surface area contributed by atoms with E-state index < -0.39 is 20.4 Å². The van der Waals surface area contributed by atoms with Crippen molar-refractivity contribution in [3.63, 3.8) is 0 Å². The van der Waals surface area contributed by atoms with E-state index in [0.29, 0.717) is 25.3 Å². The van der Waals surface area contributed by atoms with Crippen LogP contribution < -0.4 is 4.90 Å². The third-order valence-corrected chi connectivity index (χ3v) is 5.41. The summed E-state index contributed by atoms with van der Waals surface area (Å²) in [5.41, 5.74) is 0.277. The summed E-state index contributed by atoms with van der Waals surface area (Å²) in [7, 11) is -3.69. The summed E-state index contributed by atoms with van der Waals surface area (Å²) in [5, 5.41) is 18.0. The molecule has 0 bridgehead atoms. The first kappa shape index (κ1) is 18.3. The molecule has 1 saturated heterocycles. The first-order valence-electron chi connectivity index (χ1n) is 8.08. The predicted octanol–water partition coefficient (Wildman–Crippen LogP) is 0.747. The van der Waals surface area contributed by atoms with E-state index in [2.05, 4.69) is 20.1 Å². The van der Waals surface area contributed by atoms with E-state index in [1.165, 1.54) is 12.1 Å². The van der Waals surface area contributed by atoms with Crippen molar-refractivity contribution in [1.29, 1.82) is 0 Å². The number of piperazine rings is 1. The van der Waals surface area contributed by atoms with Gasteiger partial charge in [-0.2, -0.15) is 5.10 Å². The summed E-state index contributed by atoms with van der Waals surface area (Å²) < 4.78 is 23.8. The molecule has 26 heavy (non-hydrogen) atoms. The Morgan fingerprint density at radius 3 is 2.50 bits per heavy atom. The van der Waals surface area contributed by atoms with Crippen LogP contribution in [0.1, 0.15) is 11.6 Å². The number of aryl methyl sites for hydroxylation is 1. The molecule has 1 aromatic heterocycles. The van der Waals surface area contributed by atoms with Crippen LogP contribution in [0.25, 0.3) is 0 Å². The summed E-state index contributed by atoms with van der Waals surface area (Å²) in [4.78, 5) is 18.7. The van der Waals surface area contributed by atoms with Crippen molar-refractivity contribution in [2.75, 3.05) is 37.3 Å². The molecule has 1 N–H and O–H groups in total. The number of H-pyrrole nitrogens is 1. The van der Waals surface area contributed by atoms with Gasteiger partial charge in [-0.15, -0.1) is 0 Å². The maximum atomic E-state index is 11.9. The molecule has 0 atom stereocenters. The molecular formula is C15H20N6O4S. The number of rotatable bonds is 5. The molecule has 11 heteroatoms. The summed E-state index contributed by atoms with van der Waals surface area (Å²) in [6, 6.07) is 4.25. The van der Waals surface area contributed by atoms with Gasteiger partial charge in [-0.3, -0.25) is 20.1 Å². The van der Waals surface area contributed by atoms with Gasteiger partial charge in [0.2, 0.25) is 0 Å². The average Bonchev–Trinajstić information content (AvgIpc) is 2.99. The summed E-state index contributed by atoms with van der Waals surface area (Å²) in [6.07, 6.45) is 0.982. The fraction of sp³-hybridized carbons (Fsp3) is 0.467. The number of nitrogens with one attached hydrogen (secondary N) is 1. The Kier molecular flexibility index (Phi) is 4.92. The van der Waals surface area contributed by atoms with Crippen LogP contribution in [0.2, 0.25) is 0 Å². The monoisotopic (exact) mass is 380 g/mol. The topological polar surface area (TPSA) is 125 Å². The summed E-state index contributed by atoms with van der Waals surface area (Å²) >= 11 is 0. The molecule has 0 saturated carbocycles. The van der Waals surface area contributed by atoms with Gasteiger partial charge in [0.05, 0.1) is 11.5 Å². The van der Waals surface area contributed by atoms with Crippen molar-refractivity contribution in [2.24, 2.45) is 0 Å². The van der Waals surface area contributed by atoms with Crippen LogP contribution in [-0.2, 0) is 16.4 Å². The molecule has 140 valence electrons. The normalized spacial score (nSPS) is 16.0. The maximum Gasteiger partial charge on any atom is 0.288 e. The van der Waals surface area contributed by atoms with E-state index in [4.69, 9.17) is 0 Å². The second-order valence-corrected chi connectivity index (χ2v) is 8.27. The SMILES string of the molecule is Cc1nc(CN2CCN(c3ccc([N+](=O)[O-])c(S(C)(=O)=O)c3)CC2)n[nH]1. The molecule has 0 spiro atoms. The number of nitro benzene ring substituents is 1. The van der Waals surface area contributed by atoms with Crippen molar-refractivity contribution >= 4 is 21.2 Å². The zero-order valence-corrected chi connectivity index (χ0v) is 15.4. The lowest BCUT2D eigenvalue weighted by molar-refractivity contribution is -0.387. The number of aromatic amines is 1. The molecule has 0 amide bonds. The van der Waals surface area contributed by atoms with Crippen LogP contribution in [0, 0.1) is 17.0 Å². The van der Waals surface area contributed by atoms with Crippen LogP contribution in [0.15, 0.2) is 23.1 Å². The molecule has 0 radical (unpaired) electrons. The highest BCUT2D eigenvalue weighted by atomic mass is 32.2. The van der Waals surface area contributed by atoms with Crippen molar-refractivity contribution in [3.05, 3.63) is 40.0 Å². The van der Waals surface area contributed by atoms with Gasteiger partial charge < -0.3 is 4.90 Å². The lowest BCUT2D eigenvalue weighted by Gasteiger charge is -2.35. The minimum atomic E-state index is -3.69. The van der Waals surface area contributed by atoms with Crippen LogP contribution >= 0.6 is 0 Å². The Morgan fingerprint density at radius 2 is 1.96 bits per heavy atom. The molecule has 3 rings (SSSR count). The number of hydrogen-bond acceptors (Lipinski definition) is 8. The lowest BCUT2D eigenvalue weighted by Crippen LogP contribution is -2.46. The molecule has 10 nitrogen and oxygen atoms in total. The molecule has 0 aliphatic carbocycles. The van der Waals surface area contributed by atoms with Gasteiger partial charge in [0.1, 0.15) is 10.7 Å². The molecular weight excluding hydrogens is 360 g/mol. The number of nitro groups is 1. The van der Waals surface area contributed by atoms with Gasteiger partial charge in [0, 0.05) is 44.2 Å². The smallest absolute Gasteiger partial charge is 0.288 e. The van der Waals surface area contributed by atoms with E-state index in [1.54, 1.807) is 6.07 Å². The minimum Gasteiger partial charge on any atom is -0.369 e. The van der Waals surface area contributed by atoms with E-state index in [9.17, 15) is 18.5 Å². The van der Waals surface area contributed by atoms with Crippen LogP contribution in [0.5, 0.6) is 0 Å². The van der Waals surface area contributed by atoms with Gasteiger partial charge >= 0.3 is 0 Å². The standard InChI is InChI=1S/C15H20N6O4S/c1-11-16-15(18-17-11)10-19-5-7-20(8-6-19)12-3-4-13(21(22)23)14(9-12)26(2,24)25/h3-4,9H,5-8,10H2,1-2H3,(H,16,17,18). The number of nitrogens with zero attached hydrogens (tertiary/aromatic N) is 5. The van der Waals surface area contributed by atoms with E-state index in [-0.39, 0.29) is 4.90 Å². The number of aromatic nitrogens is 3. The Morgan fingerprint density at radius 1 is 1.27 bits per heavy atom. The lowest BCUT2D eigenvalue weighted by atomic mass is 10.2. The Balaban J connectivity index is 1.72. The molecule has 1 fully saturated rings. The molecule has 1 aliphatic heterocycles. The number of anilines is 1. The Labute approximate surface area is 150 Å². The first-order chi connectivity index (χ1) is 12.2. The zero-order chi connectivity index (χ0) is 18.9.